The summed E-state index contributed by atoms with van der Waals surface area (Å²) in [5.41, 5.74) is 1.33. The Balaban J connectivity index is 1.38. The van der Waals surface area contributed by atoms with Crippen molar-refractivity contribution in [3.05, 3.63) is 65.4 Å². The summed E-state index contributed by atoms with van der Waals surface area (Å²) >= 11 is 5.83. The lowest BCUT2D eigenvalue weighted by Crippen LogP contribution is -2.42. The number of hydrogen-bond donors (Lipinski definition) is 0. The van der Waals surface area contributed by atoms with Crippen LogP contribution in [0.1, 0.15) is 23.3 Å². The van der Waals surface area contributed by atoms with E-state index in [1.807, 2.05) is 35.2 Å². The van der Waals surface area contributed by atoms with E-state index < -0.39 is 0 Å². The largest absolute Gasteiger partial charge is 0.474 e. The molecule has 3 heterocycles. The number of halogens is 1. The fraction of sp³-hybridized carbons (Fsp3) is 0.250. The van der Waals surface area contributed by atoms with E-state index in [-0.39, 0.29) is 12.0 Å². The van der Waals surface area contributed by atoms with Gasteiger partial charge in [0.15, 0.2) is 0 Å². The summed E-state index contributed by atoms with van der Waals surface area (Å²) < 4.78 is 5.88. The molecular weight excluding hydrogens is 350 g/mol. The average Bonchev–Trinajstić information content (AvgIpc) is 2.69. The van der Waals surface area contributed by atoms with Gasteiger partial charge in [0.25, 0.3) is 5.91 Å². The third-order valence-electron chi connectivity index (χ3n) is 4.53. The van der Waals surface area contributed by atoms with Gasteiger partial charge in [0.05, 0.1) is 10.5 Å². The van der Waals surface area contributed by atoms with E-state index in [1.165, 1.54) is 0 Å². The van der Waals surface area contributed by atoms with Gasteiger partial charge in [-0.15, -0.1) is 0 Å². The number of carbonyl (C=O) groups is 1. The second-order valence-electron chi connectivity index (χ2n) is 6.31. The third-order valence-corrected chi connectivity index (χ3v) is 4.76. The van der Waals surface area contributed by atoms with Crippen molar-refractivity contribution >= 4 is 28.4 Å². The number of para-hydroxylation sites is 1. The molecule has 3 aromatic rings. The number of benzene rings is 1. The standard InChI is InChI=1S/C20H18ClN3O2/c21-15-6-8-19(22-13-15)26-16-9-11-24(12-10-16)20(25)18-7-5-14-3-1-2-4-17(14)23-18/h1-8,13,16H,9-12H2. The van der Waals surface area contributed by atoms with Crippen molar-refractivity contribution < 1.29 is 9.53 Å². The molecule has 0 atom stereocenters. The Kier molecular flexibility index (Phi) is 4.71. The Morgan fingerprint density at radius 1 is 1.08 bits per heavy atom. The number of pyridine rings is 2. The average molecular weight is 368 g/mol. The molecule has 1 aromatic carbocycles. The van der Waals surface area contributed by atoms with Gasteiger partial charge in [-0.3, -0.25) is 4.79 Å². The molecule has 0 spiro atoms. The van der Waals surface area contributed by atoms with E-state index in [9.17, 15) is 4.79 Å². The van der Waals surface area contributed by atoms with E-state index in [2.05, 4.69) is 9.97 Å². The highest BCUT2D eigenvalue weighted by Gasteiger charge is 2.25. The molecule has 4 rings (SSSR count). The lowest BCUT2D eigenvalue weighted by atomic mass is 10.1. The molecular formula is C20H18ClN3O2. The molecule has 1 amide bonds. The van der Waals surface area contributed by atoms with E-state index >= 15 is 0 Å². The molecule has 0 bridgehead atoms. The number of likely N-dealkylation sites (tertiary alicyclic amines) is 1. The minimum absolute atomic E-state index is 0.0289. The Hall–Kier alpha value is -2.66. The number of carbonyl (C=O) groups excluding carboxylic acids is 1. The maximum absolute atomic E-state index is 12.7. The Labute approximate surface area is 156 Å². The summed E-state index contributed by atoms with van der Waals surface area (Å²) in [6.45, 7) is 1.29. The van der Waals surface area contributed by atoms with Crippen LogP contribution in [0.2, 0.25) is 5.02 Å². The van der Waals surface area contributed by atoms with Crippen LogP contribution in [0.4, 0.5) is 0 Å². The van der Waals surface area contributed by atoms with Crippen molar-refractivity contribution in [2.75, 3.05) is 13.1 Å². The number of fused-ring (bicyclic) bond motifs is 1. The van der Waals surface area contributed by atoms with E-state index in [4.69, 9.17) is 16.3 Å². The van der Waals surface area contributed by atoms with Gasteiger partial charge >= 0.3 is 0 Å². The van der Waals surface area contributed by atoms with Gasteiger partial charge < -0.3 is 9.64 Å². The minimum Gasteiger partial charge on any atom is -0.474 e. The molecule has 0 N–H and O–H groups in total. The topological polar surface area (TPSA) is 55.3 Å². The van der Waals surface area contributed by atoms with Gasteiger partial charge in [-0.1, -0.05) is 35.9 Å². The van der Waals surface area contributed by atoms with Crippen LogP contribution in [-0.4, -0.2) is 40.0 Å². The summed E-state index contributed by atoms with van der Waals surface area (Å²) in [5.74, 6) is 0.536. The van der Waals surface area contributed by atoms with Gasteiger partial charge in [-0.2, -0.15) is 0 Å². The predicted molar refractivity (Wildman–Crippen MR) is 101 cm³/mol. The van der Waals surface area contributed by atoms with Crippen LogP contribution in [0.5, 0.6) is 5.88 Å². The maximum Gasteiger partial charge on any atom is 0.272 e. The number of hydrogen-bond acceptors (Lipinski definition) is 4. The van der Waals surface area contributed by atoms with Crippen molar-refractivity contribution in [2.24, 2.45) is 0 Å². The lowest BCUT2D eigenvalue weighted by Gasteiger charge is -2.31. The van der Waals surface area contributed by atoms with E-state index in [0.29, 0.717) is 29.7 Å². The Bertz CT molecular complexity index is 922. The molecule has 5 nitrogen and oxygen atoms in total. The van der Waals surface area contributed by atoms with E-state index in [0.717, 1.165) is 23.7 Å². The highest BCUT2D eigenvalue weighted by atomic mass is 35.5. The van der Waals surface area contributed by atoms with Crippen LogP contribution >= 0.6 is 11.6 Å². The van der Waals surface area contributed by atoms with Crippen molar-refractivity contribution in [2.45, 2.75) is 18.9 Å². The Morgan fingerprint density at radius 2 is 1.88 bits per heavy atom. The van der Waals surface area contributed by atoms with Crippen LogP contribution in [0, 0.1) is 0 Å². The molecule has 0 unspecified atom stereocenters. The molecule has 0 radical (unpaired) electrons. The number of aromatic nitrogens is 2. The van der Waals surface area contributed by atoms with Gasteiger partial charge in [-0.05, 0) is 18.2 Å². The van der Waals surface area contributed by atoms with Crippen LogP contribution in [-0.2, 0) is 0 Å². The molecule has 26 heavy (non-hydrogen) atoms. The number of rotatable bonds is 3. The molecule has 6 heteroatoms. The highest BCUT2D eigenvalue weighted by Crippen LogP contribution is 2.20. The molecule has 0 saturated carbocycles. The van der Waals surface area contributed by atoms with Crippen LogP contribution < -0.4 is 4.74 Å². The zero-order valence-corrected chi connectivity index (χ0v) is 14.9. The fourth-order valence-electron chi connectivity index (χ4n) is 3.13. The number of piperidine rings is 1. The first-order valence-corrected chi connectivity index (χ1v) is 9.00. The van der Waals surface area contributed by atoms with Gasteiger partial charge in [0.2, 0.25) is 5.88 Å². The summed E-state index contributed by atoms with van der Waals surface area (Å²) in [6, 6.07) is 15.1. The fourth-order valence-corrected chi connectivity index (χ4v) is 3.24. The van der Waals surface area contributed by atoms with Gasteiger partial charge in [-0.25, -0.2) is 9.97 Å². The van der Waals surface area contributed by atoms with Crippen molar-refractivity contribution in [3.63, 3.8) is 0 Å². The summed E-state index contributed by atoms with van der Waals surface area (Å²) in [7, 11) is 0. The zero-order valence-electron chi connectivity index (χ0n) is 14.1. The predicted octanol–water partition coefficient (Wildman–Crippen LogP) is 3.97. The molecule has 1 fully saturated rings. The number of amides is 1. The second kappa shape index (κ2) is 7.30. The molecule has 132 valence electrons. The smallest absolute Gasteiger partial charge is 0.272 e. The van der Waals surface area contributed by atoms with Crippen LogP contribution in [0.25, 0.3) is 10.9 Å². The number of nitrogens with zero attached hydrogens (tertiary/aromatic N) is 3. The maximum atomic E-state index is 12.7. The highest BCUT2D eigenvalue weighted by molar-refractivity contribution is 6.30. The molecule has 1 saturated heterocycles. The molecule has 0 aliphatic carbocycles. The van der Waals surface area contributed by atoms with Crippen molar-refractivity contribution in [1.29, 1.82) is 0 Å². The third kappa shape index (κ3) is 3.63. The molecule has 1 aliphatic rings. The quantitative estimate of drug-likeness (QED) is 0.703. The molecule has 2 aromatic heterocycles. The Morgan fingerprint density at radius 3 is 2.65 bits per heavy atom. The van der Waals surface area contributed by atoms with Crippen LogP contribution in [0.3, 0.4) is 0 Å². The first-order valence-electron chi connectivity index (χ1n) is 8.62. The number of ether oxygens (including phenoxy) is 1. The normalized spacial score (nSPS) is 15.2. The molecule has 1 aliphatic heterocycles. The summed E-state index contributed by atoms with van der Waals surface area (Å²) in [5, 5.41) is 1.62. The zero-order chi connectivity index (χ0) is 17.9. The van der Waals surface area contributed by atoms with Crippen LogP contribution in [0.15, 0.2) is 54.7 Å². The SMILES string of the molecule is O=C(c1ccc2ccccc2n1)N1CCC(Oc2ccc(Cl)cn2)CC1. The second-order valence-corrected chi connectivity index (χ2v) is 6.75. The van der Waals surface area contributed by atoms with E-state index in [1.54, 1.807) is 24.4 Å². The van der Waals surface area contributed by atoms with Crippen molar-refractivity contribution in [3.8, 4) is 5.88 Å². The minimum atomic E-state index is -0.0289. The summed E-state index contributed by atoms with van der Waals surface area (Å²) in [6.07, 6.45) is 3.16. The van der Waals surface area contributed by atoms with Gasteiger partial charge in [0, 0.05) is 43.6 Å². The van der Waals surface area contributed by atoms with Crippen molar-refractivity contribution in [1.82, 2.24) is 14.9 Å². The van der Waals surface area contributed by atoms with Gasteiger partial charge in [0.1, 0.15) is 11.8 Å². The monoisotopic (exact) mass is 367 g/mol. The first-order chi connectivity index (χ1) is 12.7. The lowest BCUT2D eigenvalue weighted by molar-refractivity contribution is 0.0583. The first kappa shape index (κ1) is 16.8. The summed E-state index contributed by atoms with van der Waals surface area (Å²) in [4.78, 5) is 23.2.